The molecule has 0 aromatic heterocycles. The van der Waals surface area contributed by atoms with Crippen LogP contribution in [0, 0.1) is 0 Å². The zero-order valence-electron chi connectivity index (χ0n) is 10.6. The zero-order chi connectivity index (χ0) is 14.3. The van der Waals surface area contributed by atoms with Gasteiger partial charge in [0.25, 0.3) is 0 Å². The van der Waals surface area contributed by atoms with E-state index in [0.29, 0.717) is 13.2 Å². The summed E-state index contributed by atoms with van der Waals surface area (Å²) < 4.78 is 49.0. The Labute approximate surface area is 108 Å². The minimum absolute atomic E-state index is 0.177. The van der Waals surface area contributed by atoms with Gasteiger partial charge in [-0.1, -0.05) is 0 Å². The van der Waals surface area contributed by atoms with Crippen LogP contribution in [0.1, 0.15) is 36.8 Å². The smallest absolute Gasteiger partial charge is 0.386 e. The molecular weight excluding hydrogens is 261 g/mol. The fourth-order valence-corrected chi connectivity index (χ4v) is 1.86. The molecule has 0 bridgehead atoms. The molecule has 0 unspecified atom stereocenters. The van der Waals surface area contributed by atoms with E-state index in [9.17, 15) is 18.3 Å². The van der Waals surface area contributed by atoms with Gasteiger partial charge in [-0.15, -0.1) is 0 Å². The van der Waals surface area contributed by atoms with E-state index in [1.165, 1.54) is 19.9 Å². The van der Waals surface area contributed by atoms with Crippen LogP contribution < -0.4 is 0 Å². The van der Waals surface area contributed by atoms with Gasteiger partial charge in [0.05, 0.1) is 24.4 Å². The number of benzene rings is 1. The molecule has 1 fully saturated rings. The first-order chi connectivity index (χ1) is 8.68. The van der Waals surface area contributed by atoms with Crippen LogP contribution in [0.2, 0.25) is 0 Å². The van der Waals surface area contributed by atoms with Crippen LogP contribution in [0.25, 0.3) is 0 Å². The summed E-state index contributed by atoms with van der Waals surface area (Å²) in [7, 11) is 0. The Morgan fingerprint density at radius 3 is 2.05 bits per heavy atom. The SMILES string of the molecule is CC(C)(O)c1cc(C2OCCO2)cc(C(F)(F)F)c1. The third kappa shape index (κ3) is 3.26. The zero-order valence-corrected chi connectivity index (χ0v) is 10.6. The second kappa shape index (κ2) is 4.77. The second-order valence-corrected chi connectivity index (χ2v) is 4.97. The van der Waals surface area contributed by atoms with E-state index >= 15 is 0 Å². The van der Waals surface area contributed by atoms with Crippen molar-refractivity contribution in [3.8, 4) is 0 Å². The predicted molar refractivity (Wildman–Crippen MR) is 61.3 cm³/mol. The molecule has 2 rings (SSSR count). The molecule has 0 atom stereocenters. The summed E-state index contributed by atoms with van der Waals surface area (Å²) in [4.78, 5) is 0. The Morgan fingerprint density at radius 1 is 1.05 bits per heavy atom. The lowest BCUT2D eigenvalue weighted by Crippen LogP contribution is -2.18. The molecule has 1 aliphatic rings. The maximum atomic E-state index is 12.9. The summed E-state index contributed by atoms with van der Waals surface area (Å²) in [6.07, 6.45) is -5.28. The maximum absolute atomic E-state index is 12.9. The summed E-state index contributed by atoms with van der Waals surface area (Å²) in [5.74, 6) is 0. The standard InChI is InChI=1S/C13H15F3O3/c1-12(2,17)9-5-8(11-18-3-4-19-11)6-10(7-9)13(14,15)16/h5-7,11,17H,3-4H2,1-2H3. The van der Waals surface area contributed by atoms with Crippen molar-refractivity contribution in [3.05, 3.63) is 34.9 Å². The molecule has 1 heterocycles. The molecule has 1 N–H and O–H groups in total. The number of halogens is 3. The molecule has 1 aromatic carbocycles. The van der Waals surface area contributed by atoms with Gasteiger partial charge < -0.3 is 14.6 Å². The predicted octanol–water partition coefficient (Wildman–Crippen LogP) is 2.98. The average Bonchev–Trinajstić information content (AvgIpc) is 2.79. The number of alkyl halides is 3. The molecule has 0 aliphatic carbocycles. The maximum Gasteiger partial charge on any atom is 0.416 e. The van der Waals surface area contributed by atoms with Crippen molar-refractivity contribution < 1.29 is 27.8 Å². The molecule has 0 radical (unpaired) electrons. The minimum Gasteiger partial charge on any atom is -0.386 e. The number of aliphatic hydroxyl groups is 1. The molecule has 0 spiro atoms. The summed E-state index contributed by atoms with van der Waals surface area (Å²) in [5.41, 5.74) is -1.74. The van der Waals surface area contributed by atoms with E-state index in [1.807, 2.05) is 0 Å². The molecular formula is C13H15F3O3. The van der Waals surface area contributed by atoms with Crippen LogP contribution >= 0.6 is 0 Å². The third-order valence-electron chi connectivity index (χ3n) is 2.88. The first kappa shape index (κ1) is 14.3. The highest BCUT2D eigenvalue weighted by molar-refractivity contribution is 5.35. The van der Waals surface area contributed by atoms with Gasteiger partial charge >= 0.3 is 6.18 Å². The molecule has 1 aliphatic heterocycles. The molecule has 106 valence electrons. The number of ether oxygens (including phenoxy) is 2. The van der Waals surface area contributed by atoms with Crippen molar-refractivity contribution in [1.82, 2.24) is 0 Å². The van der Waals surface area contributed by atoms with Crippen LogP contribution in [0.3, 0.4) is 0 Å². The summed E-state index contributed by atoms with van der Waals surface area (Å²) in [6.45, 7) is 3.56. The van der Waals surface area contributed by atoms with E-state index in [0.717, 1.165) is 12.1 Å². The van der Waals surface area contributed by atoms with Crippen molar-refractivity contribution in [1.29, 1.82) is 0 Å². The fraction of sp³-hybridized carbons (Fsp3) is 0.538. The summed E-state index contributed by atoms with van der Waals surface area (Å²) in [5, 5.41) is 9.90. The van der Waals surface area contributed by atoms with Crippen LogP contribution in [-0.4, -0.2) is 18.3 Å². The van der Waals surface area contributed by atoms with E-state index in [1.54, 1.807) is 0 Å². The molecule has 0 saturated carbocycles. The van der Waals surface area contributed by atoms with Gasteiger partial charge in [-0.3, -0.25) is 0 Å². The number of rotatable bonds is 2. The Bertz CT molecular complexity index is 425. The molecule has 6 heteroatoms. The largest absolute Gasteiger partial charge is 0.416 e. The number of hydrogen-bond acceptors (Lipinski definition) is 3. The average molecular weight is 276 g/mol. The highest BCUT2D eigenvalue weighted by Gasteiger charge is 2.34. The van der Waals surface area contributed by atoms with Gasteiger partial charge in [0.1, 0.15) is 0 Å². The Kier molecular flexibility index (Phi) is 3.59. The van der Waals surface area contributed by atoms with Gasteiger partial charge in [-0.05, 0) is 37.6 Å². The van der Waals surface area contributed by atoms with Crippen molar-refractivity contribution in [2.75, 3.05) is 13.2 Å². The first-order valence-corrected chi connectivity index (χ1v) is 5.86. The molecule has 3 nitrogen and oxygen atoms in total. The minimum atomic E-state index is -4.48. The van der Waals surface area contributed by atoms with Gasteiger partial charge in [0, 0.05) is 5.56 Å². The van der Waals surface area contributed by atoms with E-state index in [4.69, 9.17) is 9.47 Å². The molecule has 1 aromatic rings. The normalized spacial score (nSPS) is 18.0. The van der Waals surface area contributed by atoms with Crippen molar-refractivity contribution in [2.45, 2.75) is 31.9 Å². The van der Waals surface area contributed by atoms with Gasteiger partial charge in [0.2, 0.25) is 0 Å². The van der Waals surface area contributed by atoms with Crippen molar-refractivity contribution in [3.63, 3.8) is 0 Å². The molecule has 0 amide bonds. The Balaban J connectivity index is 2.48. The van der Waals surface area contributed by atoms with Crippen molar-refractivity contribution in [2.24, 2.45) is 0 Å². The highest BCUT2D eigenvalue weighted by Crippen LogP contribution is 2.36. The summed E-state index contributed by atoms with van der Waals surface area (Å²) in [6, 6.07) is 3.41. The lowest BCUT2D eigenvalue weighted by Gasteiger charge is -2.22. The number of hydrogen-bond donors (Lipinski definition) is 1. The van der Waals surface area contributed by atoms with Crippen LogP contribution in [0.15, 0.2) is 18.2 Å². The summed E-state index contributed by atoms with van der Waals surface area (Å²) >= 11 is 0. The van der Waals surface area contributed by atoms with E-state index < -0.39 is 23.6 Å². The van der Waals surface area contributed by atoms with Gasteiger partial charge in [-0.25, -0.2) is 0 Å². The first-order valence-electron chi connectivity index (χ1n) is 5.86. The third-order valence-corrected chi connectivity index (χ3v) is 2.88. The van der Waals surface area contributed by atoms with Crippen LogP contribution in [0.4, 0.5) is 13.2 Å². The van der Waals surface area contributed by atoms with Crippen LogP contribution in [-0.2, 0) is 21.3 Å². The van der Waals surface area contributed by atoms with Crippen LogP contribution in [0.5, 0.6) is 0 Å². The van der Waals surface area contributed by atoms with E-state index in [-0.39, 0.29) is 11.1 Å². The van der Waals surface area contributed by atoms with Crippen molar-refractivity contribution >= 4 is 0 Å². The fourth-order valence-electron chi connectivity index (χ4n) is 1.86. The lowest BCUT2D eigenvalue weighted by atomic mass is 9.94. The topological polar surface area (TPSA) is 38.7 Å². The quantitative estimate of drug-likeness (QED) is 0.902. The second-order valence-electron chi connectivity index (χ2n) is 4.97. The monoisotopic (exact) mass is 276 g/mol. The highest BCUT2D eigenvalue weighted by atomic mass is 19.4. The molecule has 19 heavy (non-hydrogen) atoms. The Hall–Kier alpha value is -1.11. The van der Waals surface area contributed by atoms with Gasteiger partial charge in [-0.2, -0.15) is 13.2 Å². The Morgan fingerprint density at radius 2 is 1.58 bits per heavy atom. The van der Waals surface area contributed by atoms with Gasteiger partial charge in [0.15, 0.2) is 6.29 Å². The molecule has 1 saturated heterocycles. The van der Waals surface area contributed by atoms with E-state index in [2.05, 4.69) is 0 Å². The lowest BCUT2D eigenvalue weighted by molar-refractivity contribution is -0.138.